The highest BCUT2D eigenvalue weighted by Crippen LogP contribution is 2.22. The number of benzene rings is 1. The second-order valence-corrected chi connectivity index (χ2v) is 5.86. The first kappa shape index (κ1) is 12.1. The van der Waals surface area contributed by atoms with Gasteiger partial charge in [0.2, 0.25) is 0 Å². The van der Waals surface area contributed by atoms with Crippen molar-refractivity contribution in [3.8, 4) is 0 Å². The molecule has 0 spiro atoms. The fourth-order valence-electron chi connectivity index (χ4n) is 2.07. The Balaban J connectivity index is 2.66. The fraction of sp³-hybridized carbons (Fsp3) is 0.0833. The Bertz CT molecular complexity index is 949. The Morgan fingerprint density at radius 1 is 1.47 bits per heavy atom. The number of hydrogen-bond acceptors (Lipinski definition) is 4. The van der Waals surface area contributed by atoms with Crippen LogP contribution in [0.15, 0.2) is 23.0 Å². The molecule has 0 saturated heterocycles. The van der Waals surface area contributed by atoms with Crippen LogP contribution in [-0.2, 0) is 0 Å². The number of H-pyrrole nitrogens is 1. The summed E-state index contributed by atoms with van der Waals surface area (Å²) in [6, 6.07) is 5.50. The summed E-state index contributed by atoms with van der Waals surface area (Å²) in [6.45, 7) is 1.91. The summed E-state index contributed by atoms with van der Waals surface area (Å²) in [6.07, 6.45) is 0. The zero-order chi connectivity index (χ0) is 13.7. The average molecular weight is 291 g/mol. The van der Waals surface area contributed by atoms with Crippen LogP contribution in [0.25, 0.3) is 16.6 Å². The molecule has 19 heavy (non-hydrogen) atoms. The summed E-state index contributed by atoms with van der Waals surface area (Å²) in [5.41, 5.74) is 7.07. The van der Waals surface area contributed by atoms with E-state index in [1.54, 1.807) is 10.5 Å². The monoisotopic (exact) mass is 291 g/mol. The maximum Gasteiger partial charge on any atom is 0.262 e. The van der Waals surface area contributed by atoms with Crippen molar-refractivity contribution in [2.45, 2.75) is 6.92 Å². The second kappa shape index (κ2) is 4.01. The lowest BCUT2D eigenvalue weighted by molar-refractivity contribution is 0.100. The maximum absolute atomic E-state index is 12.1. The fourth-order valence-corrected chi connectivity index (χ4v) is 3.31. The smallest absolute Gasteiger partial charge is 0.262 e. The minimum absolute atomic E-state index is 0.256. The first-order valence-electron chi connectivity index (χ1n) is 5.47. The molecule has 96 valence electrons. The number of nitrogens with two attached hydrogens (primary N) is 1. The van der Waals surface area contributed by atoms with Crippen molar-refractivity contribution in [2.75, 3.05) is 0 Å². The summed E-state index contributed by atoms with van der Waals surface area (Å²) in [5, 5.41) is 0.539. The number of primary amides is 1. The summed E-state index contributed by atoms with van der Waals surface area (Å²) < 4.78 is 2.16. The molecule has 1 amide bonds. The molecule has 1 aromatic carbocycles. The van der Waals surface area contributed by atoms with Crippen LogP contribution < -0.4 is 11.3 Å². The minimum atomic E-state index is -0.597. The number of aryl methyl sites for hydroxylation is 1. The van der Waals surface area contributed by atoms with Gasteiger partial charge in [-0.05, 0) is 31.3 Å². The van der Waals surface area contributed by atoms with Crippen LogP contribution >= 0.6 is 23.6 Å². The van der Waals surface area contributed by atoms with Crippen molar-refractivity contribution in [1.82, 2.24) is 9.38 Å². The lowest BCUT2D eigenvalue weighted by Crippen LogP contribution is -2.14. The highest BCUT2D eigenvalue weighted by atomic mass is 32.1. The van der Waals surface area contributed by atoms with Crippen LogP contribution in [0.1, 0.15) is 15.2 Å². The van der Waals surface area contributed by atoms with Gasteiger partial charge in [-0.2, -0.15) is 0 Å². The molecule has 0 radical (unpaired) electrons. The molecule has 0 saturated carbocycles. The summed E-state index contributed by atoms with van der Waals surface area (Å²) in [7, 11) is 0. The number of nitrogens with zero attached hydrogens (tertiary/aromatic N) is 1. The van der Waals surface area contributed by atoms with Crippen LogP contribution in [0.5, 0.6) is 0 Å². The topological polar surface area (TPSA) is 80.4 Å². The number of nitrogens with one attached hydrogen (secondary N) is 1. The van der Waals surface area contributed by atoms with Gasteiger partial charge in [-0.25, -0.2) is 0 Å². The third-order valence-corrected chi connectivity index (χ3v) is 4.29. The van der Waals surface area contributed by atoms with Crippen LogP contribution in [0.4, 0.5) is 0 Å². The first-order valence-corrected chi connectivity index (χ1v) is 6.69. The molecule has 0 unspecified atom stereocenters. The zero-order valence-corrected chi connectivity index (χ0v) is 11.5. The van der Waals surface area contributed by atoms with Crippen LogP contribution in [0.3, 0.4) is 0 Å². The van der Waals surface area contributed by atoms with E-state index in [9.17, 15) is 9.59 Å². The molecule has 0 bridgehead atoms. The van der Waals surface area contributed by atoms with Gasteiger partial charge in [0.25, 0.3) is 11.5 Å². The third-order valence-electron chi connectivity index (χ3n) is 2.90. The van der Waals surface area contributed by atoms with Crippen LogP contribution in [-0.4, -0.2) is 15.3 Å². The molecule has 3 rings (SSSR count). The van der Waals surface area contributed by atoms with E-state index in [2.05, 4.69) is 4.98 Å². The number of amides is 1. The normalized spacial score (nSPS) is 11.2. The van der Waals surface area contributed by atoms with E-state index >= 15 is 0 Å². The molecule has 2 heterocycles. The van der Waals surface area contributed by atoms with Gasteiger partial charge in [-0.15, -0.1) is 0 Å². The number of thiazole rings is 1. The van der Waals surface area contributed by atoms with Gasteiger partial charge >= 0.3 is 0 Å². The van der Waals surface area contributed by atoms with Gasteiger partial charge in [0, 0.05) is 0 Å². The third kappa shape index (κ3) is 1.70. The highest BCUT2D eigenvalue weighted by molar-refractivity contribution is 7.73. The Morgan fingerprint density at radius 3 is 2.89 bits per heavy atom. The van der Waals surface area contributed by atoms with E-state index in [0.29, 0.717) is 20.5 Å². The number of hydrogen-bond donors (Lipinski definition) is 2. The second-order valence-electron chi connectivity index (χ2n) is 4.22. The van der Waals surface area contributed by atoms with Gasteiger partial charge in [0.05, 0.1) is 10.9 Å². The standard InChI is InChI=1S/C12H9N3O2S2/c1-5-2-3-7-6(4-5)11(17)14-10-8(9(13)16)19-12(18)15(7)10/h2-4H,1H3,(H2,13,16)(H,14,17). The van der Waals surface area contributed by atoms with E-state index in [1.165, 1.54) is 0 Å². The molecule has 3 N–H and O–H groups in total. The molecule has 0 aliphatic heterocycles. The van der Waals surface area contributed by atoms with E-state index in [1.807, 2.05) is 19.1 Å². The predicted octanol–water partition coefficient (Wildman–Crippen LogP) is 1.98. The zero-order valence-electron chi connectivity index (χ0n) is 9.89. The molecule has 0 aliphatic carbocycles. The van der Waals surface area contributed by atoms with Crippen molar-refractivity contribution in [3.05, 3.63) is 42.9 Å². The average Bonchev–Trinajstić information content (AvgIpc) is 2.67. The van der Waals surface area contributed by atoms with Gasteiger partial charge < -0.3 is 10.7 Å². The Kier molecular flexibility index (Phi) is 2.54. The number of aromatic amines is 1. The number of aromatic nitrogens is 2. The predicted molar refractivity (Wildman–Crippen MR) is 77.5 cm³/mol. The van der Waals surface area contributed by atoms with Crippen molar-refractivity contribution in [3.63, 3.8) is 0 Å². The molecule has 0 fully saturated rings. The number of rotatable bonds is 1. The molecule has 2 aromatic heterocycles. The van der Waals surface area contributed by atoms with Crippen LogP contribution in [0.2, 0.25) is 0 Å². The quantitative estimate of drug-likeness (QED) is 0.673. The molecule has 5 nitrogen and oxygen atoms in total. The number of fused-ring (bicyclic) bond motifs is 3. The SMILES string of the molecule is Cc1ccc2c(c1)c(=O)[nH]c1c(C(N)=O)sc(=S)n12. The summed E-state index contributed by atoms with van der Waals surface area (Å²) in [5.74, 6) is -0.597. The van der Waals surface area contributed by atoms with Crippen molar-refractivity contribution < 1.29 is 4.79 Å². The largest absolute Gasteiger partial charge is 0.365 e. The van der Waals surface area contributed by atoms with Crippen molar-refractivity contribution in [2.24, 2.45) is 5.73 Å². The van der Waals surface area contributed by atoms with Gasteiger partial charge in [-0.3, -0.25) is 14.0 Å². The first-order chi connectivity index (χ1) is 8.99. The molecular formula is C12H9N3O2S2. The van der Waals surface area contributed by atoms with E-state index in [-0.39, 0.29) is 10.4 Å². The summed E-state index contributed by atoms with van der Waals surface area (Å²) in [4.78, 5) is 26.4. The Labute approximate surface area is 116 Å². The van der Waals surface area contributed by atoms with E-state index < -0.39 is 5.91 Å². The van der Waals surface area contributed by atoms with E-state index in [4.69, 9.17) is 18.0 Å². The molecule has 3 aromatic rings. The molecule has 7 heteroatoms. The lowest BCUT2D eigenvalue weighted by Gasteiger charge is -2.03. The van der Waals surface area contributed by atoms with Gasteiger partial charge in [0.15, 0.2) is 3.95 Å². The molecular weight excluding hydrogens is 282 g/mol. The summed E-state index contributed by atoms with van der Waals surface area (Å²) >= 11 is 6.35. The minimum Gasteiger partial charge on any atom is -0.365 e. The molecule has 0 atom stereocenters. The van der Waals surface area contributed by atoms with Gasteiger partial charge in [0.1, 0.15) is 10.5 Å². The number of carbonyl (C=O) groups is 1. The van der Waals surface area contributed by atoms with Crippen molar-refractivity contribution in [1.29, 1.82) is 0 Å². The maximum atomic E-state index is 12.1. The molecule has 0 aliphatic rings. The number of carbonyl (C=O) groups excluding carboxylic acids is 1. The van der Waals surface area contributed by atoms with Crippen molar-refractivity contribution >= 4 is 46.0 Å². The lowest BCUT2D eigenvalue weighted by atomic mass is 10.1. The Morgan fingerprint density at radius 2 is 2.21 bits per heavy atom. The van der Waals surface area contributed by atoms with Gasteiger partial charge in [-0.1, -0.05) is 23.0 Å². The van der Waals surface area contributed by atoms with Crippen LogP contribution in [0, 0.1) is 10.9 Å². The Hall–Kier alpha value is -1.99. The highest BCUT2D eigenvalue weighted by Gasteiger charge is 2.15. The van der Waals surface area contributed by atoms with E-state index in [0.717, 1.165) is 16.9 Å².